The average Bonchev–Trinajstić information content (AvgIpc) is 3.03. The number of amides is 3. The highest BCUT2D eigenvalue weighted by Crippen LogP contribution is 2.31. The lowest BCUT2D eigenvalue weighted by Gasteiger charge is -2.27. The summed E-state index contributed by atoms with van der Waals surface area (Å²) in [7, 11) is 1.49. The summed E-state index contributed by atoms with van der Waals surface area (Å²) in [6.45, 7) is 4.30. The van der Waals surface area contributed by atoms with Crippen LogP contribution in [0.3, 0.4) is 0 Å². The molecule has 0 radical (unpaired) electrons. The molecule has 0 spiro atoms. The standard InChI is InChI=1S/C17H23N3O5/c1-4-11(2)20(10-15(21)22)16(23)12-5-6-14(25-3)13(9-12)19-8-7-18-17(19)24/h5-6,9,11H,4,7-8,10H2,1-3H3,(H,18,24)(H,21,22). The van der Waals surface area contributed by atoms with E-state index in [1.54, 1.807) is 25.1 Å². The molecule has 3 amide bonds. The predicted octanol–water partition coefficient (Wildman–Crippen LogP) is 1.55. The van der Waals surface area contributed by atoms with Gasteiger partial charge in [0.15, 0.2) is 0 Å². The summed E-state index contributed by atoms with van der Waals surface area (Å²) >= 11 is 0. The number of aliphatic carboxylic acids is 1. The average molecular weight is 349 g/mol. The van der Waals surface area contributed by atoms with Gasteiger partial charge in [-0.1, -0.05) is 6.92 Å². The van der Waals surface area contributed by atoms with Crippen molar-refractivity contribution in [2.45, 2.75) is 26.3 Å². The number of urea groups is 1. The van der Waals surface area contributed by atoms with E-state index in [0.29, 0.717) is 36.5 Å². The van der Waals surface area contributed by atoms with Crippen LogP contribution in [0.1, 0.15) is 30.6 Å². The van der Waals surface area contributed by atoms with E-state index >= 15 is 0 Å². The molecule has 1 saturated heterocycles. The number of hydrogen-bond acceptors (Lipinski definition) is 4. The van der Waals surface area contributed by atoms with Crippen LogP contribution in [0, 0.1) is 0 Å². The van der Waals surface area contributed by atoms with E-state index in [9.17, 15) is 14.4 Å². The Hall–Kier alpha value is -2.77. The number of ether oxygens (including phenoxy) is 1. The van der Waals surface area contributed by atoms with E-state index in [1.807, 2.05) is 6.92 Å². The first-order chi connectivity index (χ1) is 11.9. The van der Waals surface area contributed by atoms with Crippen molar-refractivity contribution in [2.75, 3.05) is 31.6 Å². The van der Waals surface area contributed by atoms with Gasteiger partial charge >= 0.3 is 12.0 Å². The molecule has 0 bridgehead atoms. The molecule has 8 nitrogen and oxygen atoms in total. The summed E-state index contributed by atoms with van der Waals surface area (Å²) in [5, 5.41) is 11.8. The van der Waals surface area contributed by atoms with Gasteiger partial charge in [-0.3, -0.25) is 14.5 Å². The van der Waals surface area contributed by atoms with Gasteiger partial charge in [-0.05, 0) is 31.5 Å². The summed E-state index contributed by atoms with van der Waals surface area (Å²) in [6.07, 6.45) is 0.635. The van der Waals surface area contributed by atoms with Crippen molar-refractivity contribution < 1.29 is 24.2 Å². The molecule has 0 aliphatic carbocycles. The number of carboxylic acids is 1. The lowest BCUT2D eigenvalue weighted by molar-refractivity contribution is -0.138. The second-order valence-corrected chi connectivity index (χ2v) is 5.85. The maximum atomic E-state index is 12.8. The molecule has 136 valence electrons. The van der Waals surface area contributed by atoms with Crippen molar-refractivity contribution >= 4 is 23.6 Å². The van der Waals surface area contributed by atoms with Crippen molar-refractivity contribution in [1.29, 1.82) is 0 Å². The largest absolute Gasteiger partial charge is 0.495 e. The summed E-state index contributed by atoms with van der Waals surface area (Å²) in [4.78, 5) is 38.7. The van der Waals surface area contributed by atoms with Gasteiger partial charge in [0.25, 0.3) is 5.91 Å². The van der Waals surface area contributed by atoms with E-state index in [-0.39, 0.29) is 24.5 Å². The van der Waals surface area contributed by atoms with Crippen LogP contribution in [0.15, 0.2) is 18.2 Å². The van der Waals surface area contributed by atoms with Crippen molar-refractivity contribution in [3.8, 4) is 5.75 Å². The van der Waals surface area contributed by atoms with Gasteiger partial charge in [0.2, 0.25) is 0 Å². The minimum Gasteiger partial charge on any atom is -0.495 e. The molecule has 1 heterocycles. The molecule has 8 heteroatoms. The number of carbonyl (C=O) groups is 3. The number of benzene rings is 1. The van der Waals surface area contributed by atoms with Crippen molar-refractivity contribution in [3.05, 3.63) is 23.8 Å². The highest BCUT2D eigenvalue weighted by atomic mass is 16.5. The number of carbonyl (C=O) groups excluding carboxylic acids is 2. The molecule has 0 saturated carbocycles. The van der Waals surface area contributed by atoms with Crippen LogP contribution in [0.5, 0.6) is 5.75 Å². The molecule has 25 heavy (non-hydrogen) atoms. The van der Waals surface area contributed by atoms with Crippen molar-refractivity contribution in [3.63, 3.8) is 0 Å². The number of methoxy groups -OCH3 is 1. The van der Waals surface area contributed by atoms with Crippen LogP contribution in [0.25, 0.3) is 0 Å². The zero-order valence-electron chi connectivity index (χ0n) is 14.6. The Morgan fingerprint density at radius 1 is 1.44 bits per heavy atom. The lowest BCUT2D eigenvalue weighted by atomic mass is 10.1. The van der Waals surface area contributed by atoms with E-state index in [4.69, 9.17) is 9.84 Å². The second kappa shape index (κ2) is 7.87. The minimum atomic E-state index is -1.07. The monoisotopic (exact) mass is 349 g/mol. The molecule has 1 atom stereocenters. The molecule has 1 aliphatic heterocycles. The maximum Gasteiger partial charge on any atom is 0.323 e. The SMILES string of the molecule is CCC(C)N(CC(=O)O)C(=O)c1ccc(OC)c(N2CCNC2=O)c1. The molecular weight excluding hydrogens is 326 g/mol. The minimum absolute atomic E-state index is 0.218. The fourth-order valence-electron chi connectivity index (χ4n) is 2.70. The highest BCUT2D eigenvalue weighted by molar-refractivity contribution is 6.00. The van der Waals surface area contributed by atoms with Gasteiger partial charge < -0.3 is 20.1 Å². The Bertz CT molecular complexity index is 676. The third-order valence-corrected chi connectivity index (χ3v) is 4.26. The van der Waals surface area contributed by atoms with Gasteiger partial charge in [-0.2, -0.15) is 0 Å². The third kappa shape index (κ3) is 4.01. The Morgan fingerprint density at radius 3 is 2.68 bits per heavy atom. The summed E-state index contributed by atoms with van der Waals surface area (Å²) in [6, 6.07) is 4.29. The molecule has 2 N–H and O–H groups in total. The first-order valence-corrected chi connectivity index (χ1v) is 8.15. The molecule has 1 aromatic rings. The first-order valence-electron chi connectivity index (χ1n) is 8.15. The molecular formula is C17H23N3O5. The molecule has 1 fully saturated rings. The molecule has 1 aromatic carbocycles. The van der Waals surface area contributed by atoms with Crippen LogP contribution >= 0.6 is 0 Å². The number of hydrogen-bond donors (Lipinski definition) is 2. The van der Waals surface area contributed by atoms with E-state index < -0.39 is 5.97 Å². The quantitative estimate of drug-likeness (QED) is 0.778. The Morgan fingerprint density at radius 2 is 2.16 bits per heavy atom. The number of nitrogens with one attached hydrogen (secondary N) is 1. The van der Waals surface area contributed by atoms with Crippen LogP contribution in [-0.4, -0.2) is 60.7 Å². The van der Waals surface area contributed by atoms with Crippen LogP contribution in [0.2, 0.25) is 0 Å². The van der Waals surface area contributed by atoms with Gasteiger partial charge in [-0.25, -0.2) is 4.79 Å². The smallest absolute Gasteiger partial charge is 0.323 e. The van der Waals surface area contributed by atoms with Gasteiger partial charge in [0, 0.05) is 24.7 Å². The zero-order valence-corrected chi connectivity index (χ0v) is 14.6. The first kappa shape index (κ1) is 18.6. The van der Waals surface area contributed by atoms with Gasteiger partial charge in [0.05, 0.1) is 12.8 Å². The predicted molar refractivity (Wildman–Crippen MR) is 92.2 cm³/mol. The molecule has 1 unspecified atom stereocenters. The van der Waals surface area contributed by atoms with Crippen LogP contribution < -0.4 is 15.0 Å². The summed E-state index contributed by atoms with van der Waals surface area (Å²) < 4.78 is 5.29. The molecule has 2 rings (SSSR count). The lowest BCUT2D eigenvalue weighted by Crippen LogP contribution is -2.42. The van der Waals surface area contributed by atoms with E-state index in [2.05, 4.69) is 5.32 Å². The van der Waals surface area contributed by atoms with Gasteiger partial charge in [-0.15, -0.1) is 0 Å². The third-order valence-electron chi connectivity index (χ3n) is 4.26. The van der Waals surface area contributed by atoms with Crippen LogP contribution in [0.4, 0.5) is 10.5 Å². The van der Waals surface area contributed by atoms with Crippen molar-refractivity contribution in [2.24, 2.45) is 0 Å². The number of anilines is 1. The second-order valence-electron chi connectivity index (χ2n) is 5.85. The summed E-state index contributed by atoms with van der Waals surface area (Å²) in [5.74, 6) is -0.983. The normalized spacial score (nSPS) is 14.8. The van der Waals surface area contributed by atoms with Crippen LogP contribution in [-0.2, 0) is 4.79 Å². The summed E-state index contributed by atoms with van der Waals surface area (Å²) in [5.41, 5.74) is 0.805. The van der Waals surface area contributed by atoms with E-state index in [0.717, 1.165) is 0 Å². The zero-order chi connectivity index (χ0) is 18.6. The molecule has 0 aromatic heterocycles. The number of carboxylic acid groups (broad SMARTS) is 1. The number of nitrogens with zero attached hydrogens (tertiary/aromatic N) is 2. The fourth-order valence-corrected chi connectivity index (χ4v) is 2.70. The number of rotatable bonds is 7. The highest BCUT2D eigenvalue weighted by Gasteiger charge is 2.27. The Labute approximate surface area is 146 Å². The Balaban J connectivity index is 2.38. The van der Waals surface area contributed by atoms with Crippen molar-refractivity contribution in [1.82, 2.24) is 10.2 Å². The van der Waals surface area contributed by atoms with E-state index in [1.165, 1.54) is 16.9 Å². The topological polar surface area (TPSA) is 99.2 Å². The maximum absolute atomic E-state index is 12.8. The Kier molecular flexibility index (Phi) is 5.84. The molecule has 1 aliphatic rings. The fraction of sp³-hybridized carbons (Fsp3) is 0.471. The van der Waals surface area contributed by atoms with Gasteiger partial charge in [0.1, 0.15) is 12.3 Å².